The molecule has 0 aromatic heterocycles. The summed E-state index contributed by atoms with van der Waals surface area (Å²) in [5.41, 5.74) is -0.286. The molecular weight excluding hydrogens is 442 g/mol. The number of carbonyl (C=O) groups excluding carboxylic acids is 3. The lowest BCUT2D eigenvalue weighted by atomic mass is 9.89. The van der Waals surface area contributed by atoms with Gasteiger partial charge in [0.05, 0.1) is 4.92 Å². The lowest BCUT2D eigenvalue weighted by Gasteiger charge is -2.53. The highest BCUT2D eigenvalue weighted by Gasteiger charge is 2.57. The average molecular weight is 458 g/mol. The largest absolute Gasteiger partial charge is 0.460 e. The van der Waals surface area contributed by atoms with Gasteiger partial charge in [0.15, 0.2) is 0 Å². The second-order valence-corrected chi connectivity index (χ2v) is 8.01. The highest BCUT2D eigenvalue weighted by molar-refractivity contribution is 9.09. The predicted octanol–water partition coefficient (Wildman–Crippen LogP) is 1.05. The van der Waals surface area contributed by atoms with E-state index in [-0.39, 0.29) is 30.1 Å². The predicted molar refractivity (Wildman–Crippen MR) is 100 cm³/mol. The summed E-state index contributed by atoms with van der Waals surface area (Å²) in [7, 11) is 0. The van der Waals surface area contributed by atoms with Gasteiger partial charge < -0.3 is 15.0 Å². The Morgan fingerprint density at radius 3 is 2.78 bits per heavy atom. The van der Waals surface area contributed by atoms with E-state index >= 15 is 0 Å². The zero-order valence-corrected chi connectivity index (χ0v) is 16.4. The number of nitro groups is 1. The third kappa shape index (κ3) is 3.65. The Balaban J connectivity index is 1.62. The number of non-ortho nitro benzene ring substituents is 1. The van der Waals surface area contributed by atoms with Crippen molar-refractivity contribution in [2.24, 2.45) is 5.41 Å². The second-order valence-electron chi connectivity index (χ2n) is 6.34. The Hall–Kier alpha value is -2.14. The van der Waals surface area contributed by atoms with Crippen molar-refractivity contribution >= 4 is 51.7 Å². The first kappa shape index (κ1) is 19.6. The fraction of sp³-hybridized carbons (Fsp3) is 0.438. The van der Waals surface area contributed by atoms with Crippen LogP contribution in [0.15, 0.2) is 24.3 Å². The van der Waals surface area contributed by atoms with Gasteiger partial charge in [0.25, 0.3) is 5.69 Å². The summed E-state index contributed by atoms with van der Waals surface area (Å²) in [5.74, 6) is -0.209. The van der Waals surface area contributed by atoms with Crippen LogP contribution in [-0.4, -0.2) is 57.2 Å². The maximum Gasteiger partial charge on any atom is 0.315 e. The Kier molecular flexibility index (Phi) is 5.70. The van der Waals surface area contributed by atoms with Crippen LogP contribution in [0.3, 0.4) is 0 Å². The molecule has 11 heteroatoms. The number of β-lactam (4-membered cyclic amide) rings is 1. The number of fused-ring (bicyclic) bond motifs is 1. The molecular formula is C16H16BrN3O6S. The molecule has 1 aromatic rings. The Labute approximate surface area is 167 Å². The molecule has 1 N–H and O–H groups in total. The molecule has 0 spiro atoms. The minimum Gasteiger partial charge on any atom is -0.460 e. The topological polar surface area (TPSA) is 119 Å². The fourth-order valence-corrected chi connectivity index (χ4v) is 5.41. The van der Waals surface area contributed by atoms with Gasteiger partial charge in [-0.15, -0.1) is 11.8 Å². The van der Waals surface area contributed by atoms with E-state index in [4.69, 9.17) is 4.74 Å². The van der Waals surface area contributed by atoms with Crippen molar-refractivity contribution in [3.05, 3.63) is 39.9 Å². The lowest BCUT2D eigenvalue weighted by molar-refractivity contribution is -0.384. The molecule has 2 amide bonds. The van der Waals surface area contributed by atoms with Crippen LogP contribution in [0, 0.1) is 15.5 Å². The summed E-state index contributed by atoms with van der Waals surface area (Å²) in [4.78, 5) is 47.2. The van der Waals surface area contributed by atoms with Gasteiger partial charge in [-0.05, 0) is 17.7 Å². The molecule has 27 heavy (non-hydrogen) atoms. The van der Waals surface area contributed by atoms with Crippen molar-refractivity contribution in [1.29, 1.82) is 0 Å². The number of hydrogen-bond acceptors (Lipinski definition) is 7. The first-order valence-corrected chi connectivity index (χ1v) is 10.2. The van der Waals surface area contributed by atoms with Crippen molar-refractivity contribution < 1.29 is 24.0 Å². The number of ether oxygens (including phenoxy) is 1. The zero-order valence-electron chi connectivity index (χ0n) is 14.0. The van der Waals surface area contributed by atoms with Crippen LogP contribution < -0.4 is 5.32 Å². The molecule has 2 aliphatic heterocycles. The zero-order chi connectivity index (χ0) is 19.6. The van der Waals surface area contributed by atoms with Crippen LogP contribution in [0.2, 0.25) is 0 Å². The van der Waals surface area contributed by atoms with Gasteiger partial charge >= 0.3 is 5.97 Å². The number of rotatable bonds is 7. The summed E-state index contributed by atoms with van der Waals surface area (Å²) < 4.78 is 5.42. The maximum atomic E-state index is 12.7. The van der Waals surface area contributed by atoms with Crippen molar-refractivity contribution in [2.75, 3.05) is 17.6 Å². The van der Waals surface area contributed by atoms with Crippen LogP contribution in [0.5, 0.6) is 0 Å². The number of carbonyl (C=O) groups is 3. The highest BCUT2D eigenvalue weighted by atomic mass is 79.9. The van der Waals surface area contributed by atoms with Crippen LogP contribution in [0.4, 0.5) is 5.69 Å². The van der Waals surface area contributed by atoms with Crippen LogP contribution >= 0.6 is 27.7 Å². The SMILES string of the molecule is O=CNC1C(=O)N2CC(CBr)(C(=O)OCc3ccc([N+](=O)[O-])cc3)CS[C@H]12. The summed E-state index contributed by atoms with van der Waals surface area (Å²) in [5, 5.41) is 13.3. The Morgan fingerprint density at radius 1 is 1.48 bits per heavy atom. The quantitative estimate of drug-likeness (QED) is 0.162. The monoisotopic (exact) mass is 457 g/mol. The number of nitrogens with one attached hydrogen (secondary N) is 1. The van der Waals surface area contributed by atoms with Crippen molar-refractivity contribution in [1.82, 2.24) is 10.2 Å². The minimum atomic E-state index is -0.885. The van der Waals surface area contributed by atoms with Gasteiger partial charge in [-0.3, -0.25) is 24.5 Å². The van der Waals surface area contributed by atoms with E-state index in [1.165, 1.54) is 36.0 Å². The second kappa shape index (κ2) is 7.85. The normalized spacial score (nSPS) is 26.6. The average Bonchev–Trinajstić information content (AvgIpc) is 2.69. The molecule has 3 rings (SSSR count). The number of hydrogen-bond donors (Lipinski definition) is 1. The van der Waals surface area contributed by atoms with E-state index in [1.54, 1.807) is 4.90 Å². The lowest BCUT2D eigenvalue weighted by Crippen LogP contribution is -2.73. The summed E-state index contributed by atoms with van der Waals surface area (Å²) in [6.07, 6.45) is 0.505. The van der Waals surface area contributed by atoms with Gasteiger partial charge in [0.1, 0.15) is 23.4 Å². The van der Waals surface area contributed by atoms with E-state index in [9.17, 15) is 24.5 Å². The molecule has 3 atom stereocenters. The molecule has 2 aliphatic rings. The van der Waals surface area contributed by atoms with E-state index in [2.05, 4.69) is 21.2 Å². The molecule has 9 nitrogen and oxygen atoms in total. The van der Waals surface area contributed by atoms with Gasteiger partial charge in [0, 0.05) is 29.8 Å². The molecule has 2 heterocycles. The van der Waals surface area contributed by atoms with Crippen molar-refractivity contribution in [3.63, 3.8) is 0 Å². The summed E-state index contributed by atoms with van der Waals surface area (Å²) >= 11 is 4.79. The van der Waals surface area contributed by atoms with Crippen molar-refractivity contribution in [2.45, 2.75) is 18.0 Å². The van der Waals surface area contributed by atoms with Gasteiger partial charge in [-0.25, -0.2) is 0 Å². The van der Waals surface area contributed by atoms with Gasteiger partial charge in [0.2, 0.25) is 12.3 Å². The molecule has 0 aliphatic carbocycles. The number of esters is 1. The fourth-order valence-electron chi connectivity index (χ4n) is 3.00. The number of amides is 2. The third-order valence-corrected chi connectivity index (χ3v) is 7.26. The Morgan fingerprint density at radius 2 is 2.19 bits per heavy atom. The summed E-state index contributed by atoms with van der Waals surface area (Å²) in [6.45, 7) is 0.202. The highest BCUT2D eigenvalue weighted by Crippen LogP contribution is 2.43. The van der Waals surface area contributed by atoms with E-state index in [0.717, 1.165) is 0 Å². The molecule has 144 valence electrons. The van der Waals surface area contributed by atoms with Crippen LogP contribution in [0.1, 0.15) is 5.56 Å². The summed E-state index contributed by atoms with van der Waals surface area (Å²) in [6, 6.07) is 5.23. The maximum absolute atomic E-state index is 12.7. The minimum absolute atomic E-state index is 0.0110. The van der Waals surface area contributed by atoms with E-state index in [0.29, 0.717) is 23.1 Å². The smallest absolute Gasteiger partial charge is 0.315 e. The third-order valence-electron chi connectivity index (χ3n) is 4.60. The standard InChI is InChI=1S/C16H16BrN3O6S/c17-6-16(7-19-13(22)12(18-9-21)14(19)27-8-16)15(23)26-5-10-1-3-11(4-2-10)20(24)25/h1-4,9,12,14H,5-8H2,(H,18,21)/t12?,14-,16?/m1/s1. The number of nitrogens with zero attached hydrogens (tertiary/aromatic N) is 2. The van der Waals surface area contributed by atoms with Crippen LogP contribution in [0.25, 0.3) is 0 Å². The van der Waals surface area contributed by atoms with E-state index < -0.39 is 22.3 Å². The Bertz CT molecular complexity index is 776. The van der Waals surface area contributed by atoms with E-state index in [1.807, 2.05) is 0 Å². The molecule has 2 fully saturated rings. The number of alkyl halides is 1. The van der Waals surface area contributed by atoms with Gasteiger partial charge in [-0.1, -0.05) is 15.9 Å². The first-order chi connectivity index (χ1) is 12.9. The molecule has 1 aromatic carbocycles. The molecule has 2 unspecified atom stereocenters. The number of halogens is 1. The molecule has 0 radical (unpaired) electrons. The first-order valence-electron chi connectivity index (χ1n) is 8.00. The molecule has 0 saturated carbocycles. The number of benzene rings is 1. The van der Waals surface area contributed by atoms with Crippen molar-refractivity contribution in [3.8, 4) is 0 Å². The molecule has 2 saturated heterocycles. The van der Waals surface area contributed by atoms with Gasteiger partial charge in [-0.2, -0.15) is 0 Å². The number of thioether (sulfide) groups is 1. The molecule has 0 bridgehead atoms. The number of nitro benzene ring substituents is 1. The van der Waals surface area contributed by atoms with Crippen LogP contribution in [-0.2, 0) is 25.7 Å².